The van der Waals surface area contributed by atoms with Crippen molar-refractivity contribution in [1.82, 2.24) is 0 Å². The Labute approximate surface area is 128 Å². The Morgan fingerprint density at radius 2 is 1.00 bits per heavy atom. The zero-order chi connectivity index (χ0) is 0. The van der Waals surface area contributed by atoms with E-state index in [4.69, 9.17) is 0 Å². The Kier molecular flexibility index (Phi) is 281. The molecule has 0 unspecified atom stereocenters. The van der Waals surface area contributed by atoms with Gasteiger partial charge in [-0.1, -0.05) is 0 Å². The molecule has 0 saturated heterocycles. The van der Waals surface area contributed by atoms with Crippen molar-refractivity contribution in [2.75, 3.05) is 0 Å². The molecule has 0 rings (SSSR count). The average Bonchev–Trinajstić information content (AvgIpc) is 0. The van der Waals surface area contributed by atoms with Crippen molar-refractivity contribution in [2.45, 2.75) is 0 Å². The average molecular weight is 785 g/mol. The van der Waals surface area contributed by atoms with E-state index in [0.29, 0.717) is 0 Å². The Hall–Kier alpha value is 4.27. The SMILES string of the molecule is [Ag].[Cu].[Pb].[Re].[Ru].[Sn]. The molecule has 11 radical (unpaired) electrons. The minimum absolute atomic E-state index is 0. The largest absolute Gasteiger partial charge is 0 e. The second kappa shape index (κ2) is 34.8. The van der Waals surface area contributed by atoms with Crippen LogP contribution in [0.1, 0.15) is 0 Å². The third-order valence-corrected chi connectivity index (χ3v) is 0. The molecule has 0 aromatic carbocycles. The molecule has 0 atom stereocenters. The van der Waals surface area contributed by atoms with Crippen LogP contribution in [0, 0.1) is 0 Å². The van der Waals surface area contributed by atoms with Crippen LogP contribution >= 0.6 is 0 Å². The Bertz CT molecular complexity index is 15.5. The molecule has 0 amide bonds. The molecule has 6 heteroatoms. The smallest absolute Gasteiger partial charge is 0 e. The predicted octanol–water partition coefficient (Wildman–Crippen LogP) is -0.772. The van der Waals surface area contributed by atoms with Gasteiger partial charge >= 0.3 is 0 Å². The first kappa shape index (κ1) is 48.4. The molecule has 0 aliphatic heterocycles. The summed E-state index contributed by atoms with van der Waals surface area (Å²) < 4.78 is 0. The fourth-order valence-corrected chi connectivity index (χ4v) is 0. The fraction of sp³-hybridized carbons (Fsp3) is 0. The van der Waals surface area contributed by atoms with E-state index in [0.717, 1.165) is 0 Å². The summed E-state index contributed by atoms with van der Waals surface area (Å²) in [5.74, 6) is 0. The summed E-state index contributed by atoms with van der Waals surface area (Å²) in [7, 11) is 0. The molecule has 0 saturated carbocycles. The van der Waals surface area contributed by atoms with E-state index < -0.39 is 0 Å². The van der Waals surface area contributed by atoms with E-state index >= 15 is 0 Å². The zero-order valence-electron chi connectivity index (χ0n) is 2.33. The van der Waals surface area contributed by atoms with Gasteiger partial charge < -0.3 is 0 Å². The molecule has 0 aromatic rings. The van der Waals surface area contributed by atoms with Gasteiger partial charge in [-0.2, -0.15) is 0 Å². The molecule has 0 fully saturated rings. The van der Waals surface area contributed by atoms with Crippen LogP contribution in [0.2, 0.25) is 0 Å². The van der Waals surface area contributed by atoms with E-state index in [9.17, 15) is 0 Å². The van der Waals surface area contributed by atoms with Crippen LogP contribution in [0.3, 0.4) is 0 Å². The van der Waals surface area contributed by atoms with Crippen LogP contribution in [0.15, 0.2) is 0 Å². The first-order valence-electron chi connectivity index (χ1n) is 0. The molecule has 6 heavy (non-hydrogen) atoms. The maximum atomic E-state index is 0. The third-order valence-electron chi connectivity index (χ3n) is 0. The quantitative estimate of drug-likeness (QED) is 0.284. The fourth-order valence-electron chi connectivity index (χ4n) is 0. The summed E-state index contributed by atoms with van der Waals surface area (Å²) in [6.45, 7) is 0. The van der Waals surface area contributed by atoms with Gasteiger partial charge in [0, 0.05) is 131 Å². The predicted molar refractivity (Wildman–Crippen MR) is 11.5 cm³/mol. The van der Waals surface area contributed by atoms with Crippen molar-refractivity contribution in [1.29, 1.82) is 0 Å². The van der Waals surface area contributed by atoms with Crippen LogP contribution in [0.4, 0.5) is 0 Å². The van der Waals surface area contributed by atoms with Crippen LogP contribution < -0.4 is 0 Å². The third kappa shape index (κ3) is 24.0. The van der Waals surface area contributed by atoms with E-state index in [1.54, 1.807) is 0 Å². The van der Waals surface area contributed by atoms with Gasteiger partial charge in [-0.05, 0) is 0 Å². The monoisotopic (exact) mass is 787 g/mol. The van der Waals surface area contributed by atoms with E-state index in [2.05, 4.69) is 0 Å². The van der Waals surface area contributed by atoms with E-state index in [1.165, 1.54) is 0 Å². The second-order valence-electron chi connectivity index (χ2n) is 0. The summed E-state index contributed by atoms with van der Waals surface area (Å²) >= 11 is 0. The van der Waals surface area contributed by atoms with Crippen molar-refractivity contribution in [3.63, 3.8) is 0 Å². The summed E-state index contributed by atoms with van der Waals surface area (Å²) in [6.07, 6.45) is 0. The van der Waals surface area contributed by atoms with Crippen molar-refractivity contribution < 1.29 is 79.3 Å². The second-order valence-corrected chi connectivity index (χ2v) is 0. The van der Waals surface area contributed by atoms with E-state index in [1.807, 2.05) is 0 Å². The standard InChI is InChI=1S/Ag.Cu.Pb.Re.Ru.Sn. The normalized spacial score (nSPS) is 0. The van der Waals surface area contributed by atoms with Crippen molar-refractivity contribution in [3.8, 4) is 0 Å². The Balaban J connectivity index is 0. The molecule has 0 bridgehead atoms. The molecule has 0 aliphatic rings. The van der Waals surface area contributed by atoms with Gasteiger partial charge in [0.2, 0.25) is 0 Å². The zero-order valence-corrected chi connectivity index (χ0v) is 16.0. The first-order chi connectivity index (χ1) is 0. The van der Waals surface area contributed by atoms with Gasteiger partial charge in [-0.25, -0.2) is 0 Å². The van der Waals surface area contributed by atoms with E-state index in [-0.39, 0.29) is 131 Å². The molecule has 0 heterocycles. The van der Waals surface area contributed by atoms with Crippen molar-refractivity contribution in [2.24, 2.45) is 0 Å². The van der Waals surface area contributed by atoms with Crippen LogP contribution in [0.5, 0.6) is 0 Å². The minimum atomic E-state index is 0. The van der Waals surface area contributed by atoms with Crippen molar-refractivity contribution in [3.05, 3.63) is 0 Å². The van der Waals surface area contributed by atoms with Gasteiger partial charge in [0.15, 0.2) is 0 Å². The summed E-state index contributed by atoms with van der Waals surface area (Å²) in [5, 5.41) is 0. The number of rotatable bonds is 0. The van der Waals surface area contributed by atoms with Gasteiger partial charge in [-0.3, -0.25) is 0 Å². The summed E-state index contributed by atoms with van der Waals surface area (Å²) in [5.41, 5.74) is 0. The Morgan fingerprint density at radius 1 is 1.00 bits per heavy atom. The van der Waals surface area contributed by atoms with Crippen LogP contribution in [-0.2, 0) is 79.3 Å². The molecule has 0 N–H and O–H groups in total. The maximum Gasteiger partial charge on any atom is 0 e. The van der Waals surface area contributed by atoms with Crippen molar-refractivity contribution >= 4 is 51.2 Å². The van der Waals surface area contributed by atoms with Crippen LogP contribution in [0.25, 0.3) is 0 Å². The molecule has 0 spiro atoms. The molecule has 0 aliphatic carbocycles. The Morgan fingerprint density at radius 3 is 1.00 bits per heavy atom. The van der Waals surface area contributed by atoms with Gasteiger partial charge in [0.25, 0.3) is 0 Å². The van der Waals surface area contributed by atoms with Gasteiger partial charge in [0.1, 0.15) is 0 Å². The number of hydrogen-bond donors (Lipinski definition) is 0. The minimum Gasteiger partial charge on any atom is 0 e. The van der Waals surface area contributed by atoms with Gasteiger partial charge in [-0.15, -0.1) is 0 Å². The summed E-state index contributed by atoms with van der Waals surface area (Å²) in [6, 6.07) is 0. The van der Waals surface area contributed by atoms with Crippen LogP contribution in [-0.4, -0.2) is 51.2 Å². The maximum absolute atomic E-state index is 0. The topological polar surface area (TPSA) is 0 Å². The molecule has 0 nitrogen and oxygen atoms in total. The molecule has 0 aromatic heterocycles. The number of hydrogen-bond acceptors (Lipinski definition) is 0. The first-order valence-corrected chi connectivity index (χ1v) is 0. The van der Waals surface area contributed by atoms with Gasteiger partial charge in [0.05, 0.1) is 0 Å². The summed E-state index contributed by atoms with van der Waals surface area (Å²) in [4.78, 5) is 0. The molecular formula is AgCuPbReRuSn. The molecular weight excluding hydrogens is 785 g/mol. The molecule has 45 valence electrons.